The summed E-state index contributed by atoms with van der Waals surface area (Å²) in [6, 6.07) is 0. The summed E-state index contributed by atoms with van der Waals surface area (Å²) in [5.41, 5.74) is -1.54. The summed E-state index contributed by atoms with van der Waals surface area (Å²) >= 11 is 0. The third-order valence-corrected chi connectivity index (χ3v) is 2.23. The lowest BCUT2D eigenvalue weighted by Crippen LogP contribution is -2.34. The highest BCUT2D eigenvalue weighted by molar-refractivity contribution is 5.76. The number of carboxylic acid groups (broad SMARTS) is 1. The van der Waals surface area contributed by atoms with Gasteiger partial charge in [0.2, 0.25) is 0 Å². The van der Waals surface area contributed by atoms with Crippen molar-refractivity contribution in [2.45, 2.75) is 58.0 Å². The van der Waals surface area contributed by atoms with E-state index in [9.17, 15) is 9.90 Å². The van der Waals surface area contributed by atoms with Crippen LogP contribution in [0.25, 0.3) is 0 Å². The van der Waals surface area contributed by atoms with E-state index in [1.54, 1.807) is 0 Å². The van der Waals surface area contributed by atoms with Gasteiger partial charge in [0.15, 0.2) is 5.60 Å². The maximum atomic E-state index is 10.5. The predicted octanol–water partition coefficient (Wildman–Crippen LogP) is 2.18. The Labute approximate surface area is 79.8 Å². The Balaban J connectivity index is 3.46. The molecule has 0 aromatic rings. The normalized spacial score (nSPS) is 15.3. The monoisotopic (exact) mass is 188 g/mol. The highest BCUT2D eigenvalue weighted by Gasteiger charge is 2.28. The molecule has 2 N–H and O–H groups in total. The van der Waals surface area contributed by atoms with Gasteiger partial charge >= 0.3 is 5.97 Å². The van der Waals surface area contributed by atoms with Crippen molar-refractivity contribution in [1.82, 2.24) is 0 Å². The number of aliphatic carboxylic acids is 1. The molecule has 0 saturated heterocycles. The molecule has 0 radical (unpaired) electrons. The minimum Gasteiger partial charge on any atom is -0.479 e. The molecule has 0 saturated carbocycles. The standard InChI is InChI=1S/C10H20O3/c1-3-4-5-6-7-8-10(2,13)9(11)12/h13H,3-8H2,1-2H3,(H,11,12)/t10-/m1/s1. The first-order valence-electron chi connectivity index (χ1n) is 4.96. The summed E-state index contributed by atoms with van der Waals surface area (Å²) in [6.07, 6.45) is 5.65. The number of carbonyl (C=O) groups is 1. The van der Waals surface area contributed by atoms with E-state index >= 15 is 0 Å². The molecular formula is C10H20O3. The van der Waals surface area contributed by atoms with Crippen molar-refractivity contribution in [1.29, 1.82) is 0 Å². The van der Waals surface area contributed by atoms with Crippen molar-refractivity contribution >= 4 is 5.97 Å². The van der Waals surface area contributed by atoms with Crippen LogP contribution in [-0.4, -0.2) is 21.8 Å². The number of carboxylic acids is 1. The molecule has 1 atom stereocenters. The second-order valence-corrected chi connectivity index (χ2v) is 3.74. The SMILES string of the molecule is CCCCCCC[C@@](C)(O)C(=O)O. The Morgan fingerprint density at radius 3 is 2.23 bits per heavy atom. The molecule has 0 amide bonds. The average Bonchev–Trinajstić information content (AvgIpc) is 2.03. The second-order valence-electron chi connectivity index (χ2n) is 3.74. The molecule has 13 heavy (non-hydrogen) atoms. The molecule has 3 nitrogen and oxygen atoms in total. The van der Waals surface area contributed by atoms with Crippen LogP contribution < -0.4 is 0 Å². The summed E-state index contributed by atoms with van der Waals surface area (Å²) in [5.74, 6) is -1.12. The smallest absolute Gasteiger partial charge is 0.335 e. The zero-order valence-corrected chi connectivity index (χ0v) is 8.55. The van der Waals surface area contributed by atoms with Crippen LogP contribution in [0, 0.1) is 0 Å². The molecular weight excluding hydrogens is 168 g/mol. The van der Waals surface area contributed by atoms with Crippen molar-refractivity contribution in [3.8, 4) is 0 Å². The third kappa shape index (κ3) is 5.64. The predicted molar refractivity (Wildman–Crippen MR) is 51.6 cm³/mol. The molecule has 0 aliphatic heterocycles. The first-order valence-corrected chi connectivity index (χ1v) is 4.96. The van der Waals surface area contributed by atoms with Gasteiger partial charge in [0.25, 0.3) is 0 Å². The lowest BCUT2D eigenvalue weighted by Gasteiger charge is -2.17. The Hall–Kier alpha value is -0.570. The summed E-state index contributed by atoms with van der Waals surface area (Å²) in [7, 11) is 0. The van der Waals surface area contributed by atoms with Crippen LogP contribution in [0.2, 0.25) is 0 Å². The van der Waals surface area contributed by atoms with Crippen molar-refractivity contribution in [2.75, 3.05) is 0 Å². The number of rotatable bonds is 7. The van der Waals surface area contributed by atoms with Crippen molar-refractivity contribution in [3.63, 3.8) is 0 Å². The van der Waals surface area contributed by atoms with Gasteiger partial charge in [0.05, 0.1) is 0 Å². The summed E-state index contributed by atoms with van der Waals surface area (Å²) in [6.45, 7) is 3.49. The highest BCUT2D eigenvalue weighted by atomic mass is 16.4. The molecule has 0 aromatic carbocycles. The molecule has 0 bridgehead atoms. The summed E-state index contributed by atoms with van der Waals surface area (Å²) in [5, 5.41) is 17.9. The molecule has 0 aromatic heterocycles. The Kier molecular flexibility index (Phi) is 5.71. The zero-order chi connectivity index (χ0) is 10.3. The van der Waals surface area contributed by atoms with E-state index in [0.29, 0.717) is 6.42 Å². The molecule has 0 aliphatic carbocycles. The highest BCUT2D eigenvalue weighted by Crippen LogP contribution is 2.15. The van der Waals surface area contributed by atoms with Gasteiger partial charge in [-0.2, -0.15) is 0 Å². The van der Waals surface area contributed by atoms with Crippen LogP contribution in [-0.2, 0) is 4.79 Å². The largest absolute Gasteiger partial charge is 0.479 e. The lowest BCUT2D eigenvalue weighted by molar-refractivity contribution is -0.157. The van der Waals surface area contributed by atoms with Crippen LogP contribution in [0.15, 0.2) is 0 Å². The minimum absolute atomic E-state index is 0.353. The molecule has 78 valence electrons. The first-order chi connectivity index (χ1) is 6.00. The van der Waals surface area contributed by atoms with Gasteiger partial charge in [-0.05, 0) is 19.8 Å². The lowest BCUT2D eigenvalue weighted by atomic mass is 9.98. The quantitative estimate of drug-likeness (QED) is 0.602. The summed E-state index contributed by atoms with van der Waals surface area (Å²) < 4.78 is 0. The topological polar surface area (TPSA) is 57.5 Å². The van der Waals surface area contributed by atoms with Gasteiger partial charge in [0, 0.05) is 0 Å². The second kappa shape index (κ2) is 5.97. The number of aliphatic hydroxyl groups is 1. The van der Waals surface area contributed by atoms with Crippen LogP contribution in [0.3, 0.4) is 0 Å². The molecule has 0 spiro atoms. The van der Waals surface area contributed by atoms with E-state index in [4.69, 9.17) is 5.11 Å². The Morgan fingerprint density at radius 2 is 1.77 bits per heavy atom. The molecule has 0 fully saturated rings. The van der Waals surface area contributed by atoms with E-state index < -0.39 is 11.6 Å². The van der Waals surface area contributed by atoms with Crippen LogP contribution in [0.1, 0.15) is 52.4 Å². The van der Waals surface area contributed by atoms with Gasteiger partial charge in [-0.1, -0.05) is 32.6 Å². The van der Waals surface area contributed by atoms with Crippen molar-refractivity contribution < 1.29 is 15.0 Å². The maximum absolute atomic E-state index is 10.5. The Bertz CT molecular complexity index is 152. The van der Waals surface area contributed by atoms with Crippen molar-refractivity contribution in [3.05, 3.63) is 0 Å². The molecule has 3 heteroatoms. The van der Waals surface area contributed by atoms with Gasteiger partial charge < -0.3 is 10.2 Å². The average molecular weight is 188 g/mol. The maximum Gasteiger partial charge on any atom is 0.335 e. The fourth-order valence-electron chi connectivity index (χ4n) is 1.18. The molecule has 0 aliphatic rings. The van der Waals surface area contributed by atoms with E-state index in [1.165, 1.54) is 19.8 Å². The molecule has 0 rings (SSSR count). The van der Waals surface area contributed by atoms with E-state index in [1.807, 2.05) is 0 Å². The summed E-state index contributed by atoms with van der Waals surface area (Å²) in [4.78, 5) is 10.5. The van der Waals surface area contributed by atoms with Crippen LogP contribution in [0.5, 0.6) is 0 Å². The van der Waals surface area contributed by atoms with Gasteiger partial charge in [-0.15, -0.1) is 0 Å². The number of hydrogen-bond donors (Lipinski definition) is 2. The minimum atomic E-state index is -1.54. The van der Waals surface area contributed by atoms with Crippen LogP contribution >= 0.6 is 0 Å². The van der Waals surface area contributed by atoms with Gasteiger partial charge in [-0.25, -0.2) is 4.79 Å². The zero-order valence-electron chi connectivity index (χ0n) is 8.55. The fraction of sp³-hybridized carbons (Fsp3) is 0.900. The van der Waals surface area contributed by atoms with Gasteiger partial charge in [0.1, 0.15) is 0 Å². The Morgan fingerprint density at radius 1 is 1.23 bits per heavy atom. The first kappa shape index (κ1) is 12.4. The molecule has 0 heterocycles. The number of hydrogen-bond acceptors (Lipinski definition) is 2. The van der Waals surface area contributed by atoms with Crippen molar-refractivity contribution in [2.24, 2.45) is 0 Å². The van der Waals surface area contributed by atoms with E-state index in [0.717, 1.165) is 19.3 Å². The fourth-order valence-corrected chi connectivity index (χ4v) is 1.18. The van der Waals surface area contributed by atoms with Gasteiger partial charge in [-0.3, -0.25) is 0 Å². The number of unbranched alkanes of at least 4 members (excludes halogenated alkanes) is 4. The third-order valence-electron chi connectivity index (χ3n) is 2.23. The molecule has 0 unspecified atom stereocenters. The van der Waals surface area contributed by atoms with E-state index in [-0.39, 0.29) is 0 Å². The van der Waals surface area contributed by atoms with E-state index in [2.05, 4.69) is 6.92 Å². The van der Waals surface area contributed by atoms with Crippen LogP contribution in [0.4, 0.5) is 0 Å².